The highest BCUT2D eigenvalue weighted by molar-refractivity contribution is 5.93. The van der Waals surface area contributed by atoms with Gasteiger partial charge >= 0.3 is 0 Å². The number of aromatic nitrogens is 4. The zero-order valence-corrected chi connectivity index (χ0v) is 16.6. The van der Waals surface area contributed by atoms with Crippen LogP contribution in [0.25, 0.3) is 11.3 Å². The topological polar surface area (TPSA) is 77.1 Å². The van der Waals surface area contributed by atoms with Gasteiger partial charge in [-0.15, -0.1) is 0 Å². The van der Waals surface area contributed by atoms with E-state index in [-0.39, 0.29) is 5.91 Å². The van der Waals surface area contributed by atoms with E-state index in [1.807, 2.05) is 48.3 Å². The quantitative estimate of drug-likeness (QED) is 0.666. The Morgan fingerprint density at radius 1 is 1.21 bits per heavy atom. The molecule has 29 heavy (non-hydrogen) atoms. The van der Waals surface area contributed by atoms with Crippen molar-refractivity contribution >= 4 is 5.91 Å². The summed E-state index contributed by atoms with van der Waals surface area (Å²) in [6.45, 7) is 1.49. The summed E-state index contributed by atoms with van der Waals surface area (Å²) in [7, 11) is 1.83. The van der Waals surface area contributed by atoms with Gasteiger partial charge in [-0.3, -0.25) is 9.48 Å². The molecule has 5 rings (SSSR count). The minimum absolute atomic E-state index is 0.0380. The fraction of sp³-hybridized carbons (Fsp3) is 0.455. The van der Waals surface area contributed by atoms with E-state index in [2.05, 4.69) is 15.2 Å². The van der Waals surface area contributed by atoms with Crippen LogP contribution in [0.3, 0.4) is 0 Å². The fourth-order valence-corrected chi connectivity index (χ4v) is 4.10. The Kier molecular flexibility index (Phi) is 4.66. The predicted molar refractivity (Wildman–Crippen MR) is 107 cm³/mol. The van der Waals surface area contributed by atoms with Crippen molar-refractivity contribution in [3.63, 3.8) is 0 Å². The van der Waals surface area contributed by atoms with E-state index in [1.165, 1.54) is 12.8 Å². The molecule has 3 aromatic rings. The molecule has 1 aromatic carbocycles. The summed E-state index contributed by atoms with van der Waals surface area (Å²) in [5.74, 6) is 2.45. The number of rotatable bonds is 5. The zero-order chi connectivity index (χ0) is 19.8. The van der Waals surface area contributed by atoms with Crippen molar-refractivity contribution in [1.82, 2.24) is 24.8 Å². The van der Waals surface area contributed by atoms with E-state index >= 15 is 0 Å². The first-order valence-electron chi connectivity index (χ1n) is 10.4. The SMILES string of the molecule is Cn1nc(-c2ccccc2)cc1C(=O)N1CCC[C@@H](Cc2nc(C3CC3)no2)C1. The highest BCUT2D eigenvalue weighted by Crippen LogP contribution is 2.38. The summed E-state index contributed by atoms with van der Waals surface area (Å²) in [5.41, 5.74) is 2.46. The highest BCUT2D eigenvalue weighted by atomic mass is 16.5. The summed E-state index contributed by atoms with van der Waals surface area (Å²) < 4.78 is 7.13. The van der Waals surface area contributed by atoms with Gasteiger partial charge in [-0.25, -0.2) is 0 Å². The predicted octanol–water partition coefficient (Wildman–Crippen LogP) is 3.44. The second kappa shape index (κ2) is 7.46. The maximum absolute atomic E-state index is 13.2. The molecule has 150 valence electrons. The number of hydrogen-bond acceptors (Lipinski definition) is 5. The van der Waals surface area contributed by atoms with Crippen LogP contribution in [0, 0.1) is 5.92 Å². The molecule has 7 heteroatoms. The van der Waals surface area contributed by atoms with Crippen molar-refractivity contribution in [2.75, 3.05) is 13.1 Å². The maximum Gasteiger partial charge on any atom is 0.272 e. The third-order valence-electron chi connectivity index (χ3n) is 5.86. The summed E-state index contributed by atoms with van der Waals surface area (Å²) >= 11 is 0. The average Bonchev–Trinajstić information content (AvgIpc) is 3.38. The monoisotopic (exact) mass is 391 g/mol. The Morgan fingerprint density at radius 3 is 2.83 bits per heavy atom. The molecule has 2 aliphatic rings. The Morgan fingerprint density at radius 2 is 2.03 bits per heavy atom. The van der Waals surface area contributed by atoms with Crippen LogP contribution in [0.15, 0.2) is 40.9 Å². The van der Waals surface area contributed by atoms with Crippen molar-refractivity contribution in [1.29, 1.82) is 0 Å². The van der Waals surface area contributed by atoms with Crippen LogP contribution in [0.4, 0.5) is 0 Å². The van der Waals surface area contributed by atoms with Crippen molar-refractivity contribution < 1.29 is 9.32 Å². The number of nitrogens with zero attached hydrogens (tertiary/aromatic N) is 5. The van der Waals surface area contributed by atoms with E-state index in [0.29, 0.717) is 30.0 Å². The number of likely N-dealkylation sites (tertiary alicyclic amines) is 1. The van der Waals surface area contributed by atoms with Gasteiger partial charge in [-0.05, 0) is 37.7 Å². The molecule has 2 fully saturated rings. The van der Waals surface area contributed by atoms with Gasteiger partial charge in [0.2, 0.25) is 5.89 Å². The van der Waals surface area contributed by atoms with Crippen molar-refractivity contribution in [3.8, 4) is 11.3 Å². The number of carbonyl (C=O) groups excluding carboxylic acids is 1. The van der Waals surface area contributed by atoms with Crippen LogP contribution in [0.2, 0.25) is 0 Å². The zero-order valence-electron chi connectivity index (χ0n) is 16.6. The molecule has 1 amide bonds. The lowest BCUT2D eigenvalue weighted by Gasteiger charge is -2.32. The van der Waals surface area contributed by atoms with Gasteiger partial charge in [-0.2, -0.15) is 10.1 Å². The van der Waals surface area contributed by atoms with Crippen LogP contribution in [-0.2, 0) is 13.5 Å². The molecule has 0 spiro atoms. The molecule has 1 saturated carbocycles. The van der Waals surface area contributed by atoms with E-state index in [4.69, 9.17) is 4.52 Å². The van der Waals surface area contributed by atoms with Crippen LogP contribution in [0.1, 0.15) is 53.8 Å². The molecule has 1 aliphatic heterocycles. The highest BCUT2D eigenvalue weighted by Gasteiger charge is 2.31. The average molecular weight is 391 g/mol. The smallest absolute Gasteiger partial charge is 0.272 e. The second-order valence-corrected chi connectivity index (χ2v) is 8.19. The van der Waals surface area contributed by atoms with Crippen molar-refractivity contribution in [2.24, 2.45) is 13.0 Å². The number of benzene rings is 1. The van der Waals surface area contributed by atoms with Crippen LogP contribution < -0.4 is 0 Å². The molecule has 0 unspecified atom stereocenters. The van der Waals surface area contributed by atoms with Crippen molar-refractivity contribution in [3.05, 3.63) is 53.8 Å². The normalized spacial score (nSPS) is 19.5. The molecule has 0 bridgehead atoms. The summed E-state index contributed by atoms with van der Waals surface area (Å²) in [4.78, 5) is 19.7. The van der Waals surface area contributed by atoms with Gasteiger partial charge in [0.25, 0.3) is 5.91 Å². The molecule has 1 atom stereocenters. The Bertz CT molecular complexity index is 1010. The number of hydrogen-bond donors (Lipinski definition) is 0. The summed E-state index contributed by atoms with van der Waals surface area (Å²) in [5, 5.41) is 8.65. The molecule has 1 saturated heterocycles. The first-order valence-corrected chi connectivity index (χ1v) is 10.4. The molecular weight excluding hydrogens is 366 g/mol. The minimum atomic E-state index is 0.0380. The van der Waals surface area contributed by atoms with Gasteiger partial charge < -0.3 is 9.42 Å². The van der Waals surface area contributed by atoms with Gasteiger partial charge in [0.05, 0.1) is 5.69 Å². The Hall–Kier alpha value is -2.96. The lowest BCUT2D eigenvalue weighted by molar-refractivity contribution is 0.0657. The molecule has 2 aromatic heterocycles. The molecule has 0 radical (unpaired) electrons. The standard InChI is InChI=1S/C22H25N5O2/c1-26-19(13-18(24-26)16-7-3-2-4-8-16)22(28)27-11-5-6-15(14-27)12-20-23-21(25-29-20)17-9-10-17/h2-4,7-8,13,15,17H,5-6,9-12,14H2,1H3/t15-/m0/s1. The van der Waals surface area contributed by atoms with Gasteiger partial charge in [0, 0.05) is 38.0 Å². The number of amides is 1. The molecular formula is C22H25N5O2. The molecule has 0 N–H and O–H groups in total. The lowest BCUT2D eigenvalue weighted by atomic mass is 9.94. The largest absolute Gasteiger partial charge is 0.339 e. The number of carbonyl (C=O) groups is 1. The van der Waals surface area contributed by atoms with E-state index in [9.17, 15) is 4.79 Å². The number of piperidine rings is 1. The van der Waals surface area contributed by atoms with Crippen molar-refractivity contribution in [2.45, 2.75) is 38.0 Å². The van der Waals surface area contributed by atoms with Gasteiger partial charge in [-0.1, -0.05) is 35.5 Å². The third-order valence-corrected chi connectivity index (χ3v) is 5.86. The van der Waals surface area contributed by atoms with Crippen LogP contribution in [-0.4, -0.2) is 43.8 Å². The Balaban J connectivity index is 1.27. The Labute approximate surface area is 169 Å². The molecule has 1 aliphatic carbocycles. The number of aryl methyl sites for hydroxylation is 1. The fourth-order valence-electron chi connectivity index (χ4n) is 4.10. The third kappa shape index (κ3) is 3.81. The van der Waals surface area contributed by atoms with Crippen LogP contribution >= 0.6 is 0 Å². The summed E-state index contributed by atoms with van der Waals surface area (Å²) in [6, 6.07) is 11.8. The maximum atomic E-state index is 13.2. The second-order valence-electron chi connectivity index (χ2n) is 8.19. The van der Waals surface area contributed by atoms with Gasteiger partial charge in [0.15, 0.2) is 5.82 Å². The summed E-state index contributed by atoms with van der Waals surface area (Å²) in [6.07, 6.45) is 5.14. The van der Waals surface area contributed by atoms with E-state index < -0.39 is 0 Å². The molecule has 3 heterocycles. The van der Waals surface area contributed by atoms with E-state index in [1.54, 1.807) is 4.68 Å². The molecule has 7 nitrogen and oxygen atoms in total. The minimum Gasteiger partial charge on any atom is -0.339 e. The van der Waals surface area contributed by atoms with E-state index in [0.717, 1.165) is 42.9 Å². The van der Waals surface area contributed by atoms with Crippen LogP contribution in [0.5, 0.6) is 0 Å². The first-order chi connectivity index (χ1) is 14.2. The lowest BCUT2D eigenvalue weighted by Crippen LogP contribution is -2.41. The van der Waals surface area contributed by atoms with Gasteiger partial charge in [0.1, 0.15) is 5.69 Å². The first kappa shape index (κ1) is 18.1.